The number of nitrogens with zero attached hydrogens (tertiary/aromatic N) is 2. The van der Waals surface area contributed by atoms with Gasteiger partial charge in [0.15, 0.2) is 0 Å². The van der Waals surface area contributed by atoms with Crippen LogP contribution in [0.25, 0.3) is 0 Å². The molecule has 1 saturated heterocycles. The van der Waals surface area contributed by atoms with E-state index in [1.807, 2.05) is 6.07 Å². The Labute approximate surface area is 159 Å². The van der Waals surface area contributed by atoms with Crippen LogP contribution in [0.1, 0.15) is 57.8 Å². The maximum atomic E-state index is 13.5. The van der Waals surface area contributed by atoms with Gasteiger partial charge in [-0.15, -0.1) is 0 Å². The summed E-state index contributed by atoms with van der Waals surface area (Å²) in [5.41, 5.74) is -0.449. The van der Waals surface area contributed by atoms with E-state index >= 15 is 0 Å². The van der Waals surface area contributed by atoms with E-state index in [4.69, 9.17) is 10.00 Å². The number of nitriles is 1. The van der Waals surface area contributed by atoms with E-state index in [1.54, 1.807) is 0 Å². The van der Waals surface area contributed by atoms with Crippen molar-refractivity contribution < 1.29 is 18.7 Å². The van der Waals surface area contributed by atoms with Gasteiger partial charge in [0, 0.05) is 12.0 Å². The molecular weight excluding hydrogens is 349 g/mol. The quantitative estimate of drug-likeness (QED) is 0.717. The van der Waals surface area contributed by atoms with E-state index in [0.29, 0.717) is 12.5 Å². The highest BCUT2D eigenvalue weighted by Gasteiger charge is 2.53. The largest absolute Gasteiger partial charge is 0.465 e. The zero-order valence-electron chi connectivity index (χ0n) is 15.7. The summed E-state index contributed by atoms with van der Waals surface area (Å²) in [6, 6.07) is 1.37. The first kappa shape index (κ1) is 18.7. The average Bonchev–Trinajstić information content (AvgIpc) is 3.45. The molecule has 1 N–H and O–H groups in total. The number of halogens is 1. The van der Waals surface area contributed by atoms with Gasteiger partial charge in [-0.05, 0) is 57.3 Å². The summed E-state index contributed by atoms with van der Waals surface area (Å²) in [7, 11) is 0. The van der Waals surface area contributed by atoms with Gasteiger partial charge in [-0.25, -0.2) is 4.39 Å². The van der Waals surface area contributed by atoms with Crippen LogP contribution >= 0.6 is 0 Å². The Bertz CT molecular complexity index is 633. The lowest BCUT2D eigenvalue weighted by molar-refractivity contribution is -0.164. The minimum Gasteiger partial charge on any atom is -0.465 e. The van der Waals surface area contributed by atoms with Crippen LogP contribution in [0.5, 0.6) is 0 Å². The van der Waals surface area contributed by atoms with Crippen molar-refractivity contribution in [2.24, 2.45) is 11.3 Å². The molecule has 5 rings (SSSR count). The molecule has 0 spiro atoms. The van der Waals surface area contributed by atoms with Crippen LogP contribution in [0, 0.1) is 22.7 Å². The first-order chi connectivity index (χ1) is 13.0. The van der Waals surface area contributed by atoms with E-state index < -0.39 is 12.2 Å². The molecule has 2 bridgehead atoms. The molecule has 27 heavy (non-hydrogen) atoms. The highest BCUT2D eigenvalue weighted by molar-refractivity contribution is 5.80. The number of carbonyl (C=O) groups excluding carboxylic acids is 2. The molecule has 0 aromatic rings. The molecule has 4 aliphatic carbocycles. The van der Waals surface area contributed by atoms with Gasteiger partial charge in [0.25, 0.3) is 0 Å². The second-order valence-electron chi connectivity index (χ2n) is 8.98. The maximum Gasteiger partial charge on any atom is 0.312 e. The van der Waals surface area contributed by atoms with Gasteiger partial charge in [-0.1, -0.05) is 0 Å². The number of hydrogen-bond donors (Lipinski definition) is 1. The van der Waals surface area contributed by atoms with Crippen molar-refractivity contribution in [1.82, 2.24) is 10.2 Å². The normalized spacial score (nSPS) is 37.9. The van der Waals surface area contributed by atoms with Crippen molar-refractivity contribution >= 4 is 11.9 Å². The van der Waals surface area contributed by atoms with Crippen molar-refractivity contribution in [1.29, 1.82) is 5.26 Å². The van der Waals surface area contributed by atoms with Crippen LogP contribution in [0.3, 0.4) is 0 Å². The summed E-state index contributed by atoms with van der Waals surface area (Å²) in [5, 5.41) is 12.5. The number of rotatable bonds is 6. The number of hydrogen-bond acceptors (Lipinski definition) is 5. The van der Waals surface area contributed by atoms with Crippen molar-refractivity contribution in [2.75, 3.05) is 19.7 Å². The van der Waals surface area contributed by atoms with E-state index in [9.17, 15) is 14.0 Å². The fourth-order valence-electron chi connectivity index (χ4n) is 4.94. The number of ether oxygens (including phenoxy) is 1. The molecule has 0 aromatic carbocycles. The molecule has 2 atom stereocenters. The van der Waals surface area contributed by atoms with Gasteiger partial charge in [0.1, 0.15) is 12.2 Å². The minimum atomic E-state index is -1.11. The number of likely N-dealkylation sites (tertiary alicyclic amines) is 1. The lowest BCUT2D eigenvalue weighted by Crippen LogP contribution is -2.58. The van der Waals surface area contributed by atoms with Gasteiger partial charge in [-0.3, -0.25) is 9.59 Å². The second-order valence-corrected chi connectivity index (χ2v) is 8.98. The van der Waals surface area contributed by atoms with Crippen molar-refractivity contribution in [2.45, 2.75) is 75.5 Å². The Kier molecular flexibility index (Phi) is 4.87. The standard InChI is InChI=1S/C20H28FN3O3/c21-15-9-16(10-22)24(12-15)17(25)11-23-20-6-3-19(4-7-20,5-8-20)18(26)27-13-14-1-2-14/h14-16,23H,1-9,11-13H2/t15-,16-,19?,20?/m0/s1. The molecule has 5 aliphatic rings. The van der Waals surface area contributed by atoms with Gasteiger partial charge in [0.2, 0.25) is 5.91 Å². The number of alkyl halides is 1. The van der Waals surface area contributed by atoms with Crippen LogP contribution in [-0.2, 0) is 14.3 Å². The Morgan fingerprint density at radius 1 is 1.19 bits per heavy atom. The number of nitrogens with one attached hydrogen (secondary N) is 1. The molecule has 1 heterocycles. The molecular formula is C20H28FN3O3. The molecule has 4 saturated carbocycles. The van der Waals surface area contributed by atoms with E-state index in [-0.39, 0.29) is 42.3 Å². The number of fused-ring (bicyclic) bond motifs is 3. The predicted molar refractivity (Wildman–Crippen MR) is 95.2 cm³/mol. The zero-order valence-corrected chi connectivity index (χ0v) is 15.7. The fraction of sp³-hybridized carbons (Fsp3) is 0.850. The summed E-state index contributed by atoms with van der Waals surface area (Å²) in [5.74, 6) is 0.347. The first-order valence-electron chi connectivity index (χ1n) is 10.2. The van der Waals surface area contributed by atoms with Crippen LogP contribution in [0.15, 0.2) is 0 Å². The molecule has 148 valence electrons. The van der Waals surface area contributed by atoms with E-state index in [0.717, 1.165) is 38.5 Å². The number of esters is 1. The number of amides is 1. The molecule has 5 fully saturated rings. The van der Waals surface area contributed by atoms with Crippen molar-refractivity contribution in [3.05, 3.63) is 0 Å². The predicted octanol–water partition coefficient (Wildman–Crippen LogP) is 2.08. The molecule has 0 unspecified atom stereocenters. The third kappa shape index (κ3) is 3.69. The van der Waals surface area contributed by atoms with Gasteiger partial charge in [0.05, 0.1) is 31.2 Å². The van der Waals surface area contributed by atoms with E-state index in [2.05, 4.69) is 5.32 Å². The Morgan fingerprint density at radius 2 is 1.85 bits per heavy atom. The van der Waals surface area contributed by atoms with Gasteiger partial charge < -0.3 is 15.0 Å². The summed E-state index contributed by atoms with van der Waals surface area (Å²) >= 11 is 0. The van der Waals surface area contributed by atoms with Gasteiger partial charge in [-0.2, -0.15) is 5.26 Å². The van der Waals surface area contributed by atoms with Crippen molar-refractivity contribution in [3.8, 4) is 6.07 Å². The lowest BCUT2D eigenvalue weighted by atomic mass is 9.57. The maximum absolute atomic E-state index is 13.5. The Morgan fingerprint density at radius 3 is 2.44 bits per heavy atom. The highest BCUT2D eigenvalue weighted by atomic mass is 19.1. The first-order valence-corrected chi connectivity index (χ1v) is 10.2. The van der Waals surface area contributed by atoms with Crippen LogP contribution in [0.4, 0.5) is 4.39 Å². The summed E-state index contributed by atoms with van der Waals surface area (Å²) in [6.45, 7) is 0.718. The minimum absolute atomic E-state index is 0.0156. The molecule has 1 aliphatic heterocycles. The smallest absolute Gasteiger partial charge is 0.312 e. The van der Waals surface area contributed by atoms with Gasteiger partial charge >= 0.3 is 5.97 Å². The van der Waals surface area contributed by atoms with E-state index in [1.165, 1.54) is 17.7 Å². The lowest BCUT2D eigenvalue weighted by Gasteiger charge is -2.52. The average molecular weight is 377 g/mol. The summed E-state index contributed by atoms with van der Waals surface area (Å²) in [6.07, 6.45) is 6.31. The molecule has 7 heteroatoms. The molecule has 0 radical (unpaired) electrons. The fourth-order valence-corrected chi connectivity index (χ4v) is 4.94. The monoisotopic (exact) mass is 377 g/mol. The third-order valence-corrected chi connectivity index (χ3v) is 7.16. The number of carbonyl (C=O) groups is 2. The Hall–Kier alpha value is -1.68. The van der Waals surface area contributed by atoms with Crippen LogP contribution < -0.4 is 5.32 Å². The SMILES string of the molecule is N#C[C@@H]1C[C@H](F)CN1C(=O)CNC12CCC(C(=O)OCC3CC3)(CC1)CC2. The third-order valence-electron chi connectivity index (χ3n) is 7.16. The molecule has 6 nitrogen and oxygen atoms in total. The van der Waals surface area contributed by atoms with Crippen LogP contribution in [-0.4, -0.2) is 54.2 Å². The summed E-state index contributed by atoms with van der Waals surface area (Å²) < 4.78 is 19.1. The van der Waals surface area contributed by atoms with Crippen LogP contribution in [0.2, 0.25) is 0 Å². The zero-order chi connectivity index (χ0) is 19.1. The topological polar surface area (TPSA) is 82.4 Å². The second kappa shape index (κ2) is 7.05. The molecule has 1 amide bonds. The highest BCUT2D eigenvalue weighted by Crippen LogP contribution is 2.53. The Balaban J connectivity index is 1.28. The van der Waals surface area contributed by atoms with Crippen molar-refractivity contribution in [3.63, 3.8) is 0 Å². The summed E-state index contributed by atoms with van der Waals surface area (Å²) in [4.78, 5) is 26.4. The molecule has 0 aromatic heterocycles.